The van der Waals surface area contributed by atoms with E-state index in [0.29, 0.717) is 0 Å². The fourth-order valence-electron chi connectivity index (χ4n) is 10.3. The van der Waals surface area contributed by atoms with Gasteiger partial charge in [-0.2, -0.15) is 19.3 Å². The lowest BCUT2D eigenvalue weighted by molar-refractivity contribution is -0.0617. The number of rotatable bonds is 4. The van der Waals surface area contributed by atoms with E-state index in [1.807, 2.05) is 0 Å². The summed E-state index contributed by atoms with van der Waals surface area (Å²) >= 11 is 20.5. The van der Waals surface area contributed by atoms with Crippen molar-refractivity contribution >= 4 is 142 Å². The molecule has 6 aliphatic rings. The molecule has 6 fully saturated rings. The quantitative estimate of drug-likeness (QED) is 0.0753. The number of nitrogen functional groups attached to an aromatic ring is 4. The Morgan fingerprint density at radius 3 is 1.36 bits per heavy atom. The van der Waals surface area contributed by atoms with E-state index in [4.69, 9.17) is 125 Å². The first-order chi connectivity index (χ1) is 42.6. The molecule has 20 atom stereocenters. The van der Waals surface area contributed by atoms with Crippen molar-refractivity contribution in [1.82, 2.24) is 84.0 Å². The van der Waals surface area contributed by atoms with Gasteiger partial charge < -0.3 is 79.6 Å². The second-order valence-electron chi connectivity index (χ2n) is 20.0. The zero-order chi connectivity index (χ0) is 63.7. The van der Waals surface area contributed by atoms with Crippen LogP contribution in [0.4, 0.5) is 41.0 Å². The van der Waals surface area contributed by atoms with Crippen molar-refractivity contribution in [1.29, 1.82) is 0 Å². The Balaban J connectivity index is 0.000000165. The highest BCUT2D eigenvalue weighted by atomic mass is 32.5. The maximum Gasteiger partial charge on any atom is 0.325 e. The number of aromatic nitrogens is 17. The summed E-state index contributed by atoms with van der Waals surface area (Å²) in [4.78, 5) is 101. The van der Waals surface area contributed by atoms with Crippen molar-refractivity contribution < 1.29 is 92.3 Å². The summed E-state index contributed by atoms with van der Waals surface area (Å²) in [6.07, 6.45) is -22.1. The summed E-state index contributed by atoms with van der Waals surface area (Å²) in [7, 11) is 0. The third-order valence-corrected chi connectivity index (χ3v) is 20.5. The molecule has 484 valence electrons. The summed E-state index contributed by atoms with van der Waals surface area (Å²) in [6.45, 7) is -20.2. The molecular weight excluding hydrogens is 1380 g/mol. The molecule has 90 heavy (non-hydrogen) atoms. The number of nitrogens with zero attached hydrogens (tertiary/aromatic N) is 15. The van der Waals surface area contributed by atoms with E-state index in [0.717, 1.165) is 37.5 Å². The van der Waals surface area contributed by atoms with Gasteiger partial charge in [-0.1, -0.05) is 10.4 Å². The summed E-state index contributed by atoms with van der Waals surface area (Å²) < 4.78 is 135. The van der Waals surface area contributed by atoms with Crippen LogP contribution in [-0.4, -0.2) is 203 Å². The lowest BCUT2D eigenvalue weighted by atomic mass is 10.1. The van der Waals surface area contributed by atoms with Gasteiger partial charge in [-0.15, -0.1) is 10.2 Å². The molecule has 8 aromatic rings. The van der Waals surface area contributed by atoms with Crippen LogP contribution in [0.25, 0.3) is 44.7 Å². The van der Waals surface area contributed by atoms with Crippen molar-refractivity contribution in [3.05, 3.63) is 52.0 Å². The highest BCUT2D eigenvalue weighted by Gasteiger charge is 2.56. The number of imidazole rings is 2. The number of hydrogen-bond acceptors (Lipinski definition) is 33. The molecule has 14 heterocycles. The zero-order valence-corrected chi connectivity index (χ0v) is 51.3. The van der Waals surface area contributed by atoms with Gasteiger partial charge in [0.2, 0.25) is 11.9 Å². The second kappa shape index (κ2) is 23.9. The Labute approximate surface area is 515 Å². The summed E-state index contributed by atoms with van der Waals surface area (Å²) in [5, 5.41) is 15.5. The molecule has 6 aliphatic heterocycles. The first kappa shape index (κ1) is 63.4. The summed E-state index contributed by atoms with van der Waals surface area (Å²) in [6, 6.07) is 1.48. The number of alkyl halides is 4. The van der Waals surface area contributed by atoms with E-state index in [1.165, 1.54) is 12.3 Å². The van der Waals surface area contributed by atoms with Gasteiger partial charge in [0, 0.05) is 6.20 Å². The van der Waals surface area contributed by atoms with Crippen LogP contribution in [0.5, 0.6) is 0 Å². The van der Waals surface area contributed by atoms with E-state index in [1.54, 1.807) is 0 Å². The van der Waals surface area contributed by atoms with Gasteiger partial charge in [0.15, 0.2) is 100 Å². The van der Waals surface area contributed by atoms with Crippen LogP contribution >= 0.6 is 26.9 Å². The van der Waals surface area contributed by atoms with E-state index in [2.05, 4.69) is 65.5 Å². The monoisotopic (exact) mass is 1420 g/mol. The number of aromatic amines is 2. The van der Waals surface area contributed by atoms with Gasteiger partial charge in [-0.25, -0.2) is 42.5 Å². The van der Waals surface area contributed by atoms with Gasteiger partial charge in [0.25, 0.3) is 11.1 Å². The SMILES string of the molecule is Nc1nc2c(ncn2[C@@H]2O[C@@H]3COP(O)(=S)O[C@H]4[C@H](F)[C@H](n5nnc6c(N)ccnc65)O[C@@H]4COP(O)(=S)O[C@@H]2[C@@H]3F)c(=O)[nH]1.Nc1nc2c(ncn2[C@@H]2O[C@@H]3COP(O)(=S)O[C@H]4[C@H](F)[C@H](n5nnc6c(N)ncnc65)O[C@@H]4COP(O)(=S)O[C@@H]2[C@@H]3F)c(=O)[nH]1. The molecule has 0 radical (unpaired) electrons. The Morgan fingerprint density at radius 2 is 0.900 bits per heavy atom. The van der Waals surface area contributed by atoms with E-state index in [-0.39, 0.29) is 68.1 Å². The predicted octanol–water partition coefficient (Wildman–Crippen LogP) is -0.914. The predicted molar refractivity (Wildman–Crippen MR) is 307 cm³/mol. The van der Waals surface area contributed by atoms with Gasteiger partial charge in [-0.3, -0.25) is 46.8 Å². The average Bonchev–Trinajstić information content (AvgIpc) is 1.81. The molecule has 51 heteroatoms. The second-order valence-corrected chi connectivity index (χ2v) is 31.2. The highest BCUT2D eigenvalue weighted by molar-refractivity contribution is 8.08. The zero-order valence-electron chi connectivity index (χ0n) is 44.4. The number of halogens is 4. The molecule has 14 N–H and O–H groups in total. The smallest absolute Gasteiger partial charge is 0.325 e. The fourth-order valence-corrected chi connectivity index (χ4v) is 16.0. The Morgan fingerprint density at radius 1 is 0.500 bits per heavy atom. The molecule has 0 saturated carbocycles. The normalized spacial score (nSPS) is 37.7. The molecular formula is C39H43F4N21O18P4S4. The van der Waals surface area contributed by atoms with Gasteiger partial charge in [-0.05, 0) is 53.3 Å². The largest absolute Gasteiger partial charge is 0.397 e. The molecule has 0 aromatic carbocycles. The van der Waals surface area contributed by atoms with Gasteiger partial charge in [0.05, 0.1) is 44.8 Å². The minimum atomic E-state index is -4.36. The van der Waals surface area contributed by atoms with Crippen molar-refractivity contribution in [3.63, 3.8) is 0 Å². The lowest BCUT2D eigenvalue weighted by Gasteiger charge is -2.27. The highest BCUT2D eigenvalue weighted by Crippen LogP contribution is 2.57. The standard InChI is InChI=1S/C20H22F2N10O9P2S2.C19H21F2N11O9P2S2/c21-9-7-3-36-42(34,44)40-13-8(39-18(10(13)22)32-15-11(29-30-32)6(23)1-2-25-15)4-37-43(35,45)41-14(9)19(38-7)31-5-26-12-16(31)27-20(24)28-17(12)33;20-7-5-1-36-42(34,44)40-11-6(39-17(8(11)21)32-14-9(29-30-32)13(22)24-3-25-14)2-37-43(35,45)41-12(7)18(38-5)31-4-26-10-15(31)27-19(23)28-16(10)33/h1-2,5,7-10,13-14,18-19H,3-4H2,(H2,23,25)(H,34,44)(H,35,45)(H3,24,27,28,33);3-8,11-12,17-18H,1-2H2,(H,34,44)(H,35,45)(H2,22,24,25)(H3,23,27,28,33)/t7-,8-,9-,10+,13-,14-,18-,19-,42?,43?;5-,6-,7-,8+,11-,12-,17-,18-,42?,43?/m11/s1. The number of ether oxygens (including phenoxy) is 4. The molecule has 4 bridgehead atoms. The van der Waals surface area contributed by atoms with Gasteiger partial charge in [0.1, 0.15) is 55.2 Å². The minimum absolute atomic E-state index is 0.0183. The molecule has 0 spiro atoms. The molecule has 39 nitrogen and oxygen atoms in total. The topological polar surface area (TPSA) is 523 Å². The number of anilines is 4. The van der Waals surface area contributed by atoms with Crippen molar-refractivity contribution in [2.75, 3.05) is 49.4 Å². The Hall–Kier alpha value is -5.39. The van der Waals surface area contributed by atoms with Crippen molar-refractivity contribution in [2.45, 2.75) is 98.4 Å². The Kier molecular flexibility index (Phi) is 16.8. The van der Waals surface area contributed by atoms with E-state index >= 15 is 17.6 Å². The number of fused-ring (bicyclic) bond motifs is 10. The number of H-pyrrole nitrogens is 2. The number of nitrogens with one attached hydrogen (secondary N) is 2. The molecule has 6 saturated heterocycles. The van der Waals surface area contributed by atoms with Crippen LogP contribution in [0.3, 0.4) is 0 Å². The third-order valence-electron chi connectivity index (χ3n) is 14.3. The van der Waals surface area contributed by atoms with E-state index < -0.39 is 163 Å². The van der Waals surface area contributed by atoms with Crippen LogP contribution in [0, 0.1) is 0 Å². The van der Waals surface area contributed by atoms with Crippen LogP contribution in [-0.2, 0) is 102 Å². The van der Waals surface area contributed by atoms with E-state index in [9.17, 15) is 29.2 Å². The maximum absolute atomic E-state index is 16.0. The number of pyridine rings is 1. The van der Waals surface area contributed by atoms with Crippen molar-refractivity contribution in [2.24, 2.45) is 0 Å². The molecule has 14 rings (SSSR count). The average molecular weight is 1420 g/mol. The lowest BCUT2D eigenvalue weighted by Crippen LogP contribution is -2.34. The Bertz CT molecular complexity index is 4180. The molecule has 8 aromatic heterocycles. The summed E-state index contributed by atoms with van der Waals surface area (Å²) in [5.41, 5.74) is 21.8. The minimum Gasteiger partial charge on any atom is -0.397 e. The maximum atomic E-state index is 16.0. The van der Waals surface area contributed by atoms with Crippen LogP contribution in [0.2, 0.25) is 0 Å². The first-order valence-electron chi connectivity index (χ1n) is 25.7. The number of nitrogens with two attached hydrogens (primary N) is 4. The molecule has 4 unspecified atom stereocenters. The first-order valence-corrected chi connectivity index (χ1v) is 36.0. The third kappa shape index (κ3) is 11.9. The number of hydrogen-bond donors (Lipinski definition) is 10. The fraction of sp³-hybridized carbons (Fsp3) is 0.513. The van der Waals surface area contributed by atoms with Crippen LogP contribution in [0.15, 0.2) is 40.8 Å². The van der Waals surface area contributed by atoms with Crippen LogP contribution < -0.4 is 34.1 Å². The van der Waals surface area contributed by atoms with Crippen molar-refractivity contribution in [3.8, 4) is 0 Å². The van der Waals surface area contributed by atoms with Crippen LogP contribution in [0.1, 0.15) is 24.9 Å². The molecule has 0 amide bonds. The summed E-state index contributed by atoms with van der Waals surface area (Å²) in [5.74, 6) is -0.538. The van der Waals surface area contributed by atoms with Gasteiger partial charge >= 0.3 is 26.9 Å². The molecule has 0 aliphatic carbocycles.